The molecular weight excluding hydrogens is 682 g/mol. The number of hydrogen-bond donors (Lipinski definition) is 4. The van der Waals surface area contributed by atoms with Gasteiger partial charge < -0.3 is 40.0 Å². The number of ether oxygens (including phenoxy) is 3. The molecule has 270 valence electrons. The van der Waals surface area contributed by atoms with Gasteiger partial charge in [-0.15, -0.1) is 0 Å². The summed E-state index contributed by atoms with van der Waals surface area (Å²) in [6.45, 7) is 2.42. The zero-order chi connectivity index (χ0) is 36.2. The van der Waals surface area contributed by atoms with E-state index in [4.69, 9.17) is 30.8 Å². The second kappa shape index (κ2) is 15.6. The predicted octanol–water partition coefficient (Wildman–Crippen LogP) is 5.17. The maximum atomic E-state index is 11.6. The fraction of sp³-hybridized carbons (Fsp3) is 0.333. The van der Waals surface area contributed by atoms with Crippen molar-refractivity contribution >= 4 is 34.3 Å². The maximum absolute atomic E-state index is 11.6. The third kappa shape index (κ3) is 7.27. The number of pyridine rings is 2. The van der Waals surface area contributed by atoms with Crippen molar-refractivity contribution in [3.05, 3.63) is 83.3 Å². The molecule has 0 radical (unpaired) electrons. The lowest BCUT2D eigenvalue weighted by Gasteiger charge is -2.18. The van der Waals surface area contributed by atoms with Gasteiger partial charge >= 0.3 is 0 Å². The normalized spacial score (nSPS) is 17.0. The Morgan fingerprint density at radius 3 is 2.13 bits per heavy atom. The number of benzene rings is 2. The standard InChI is InChI=1S/C39H42ClN7O5/c1-50-34-15-26(16-35(51-2)31(34)21-42-19-25-9-12-37(49)45-25)47-14-13-27-30(20-43-22-33(27)47)28-5-4-6-29(38(28)40)32-10-7-23(39(46-32)52-3)17-41-18-24-8-11-36(48)44-24/h4-7,10,13-16,20,22,24-25,41-42H,8-9,11-12,17-19,21H2,1-3H3,(H,44,48)(H,45,49)/t24-,25-/m0/s1. The molecule has 2 saturated heterocycles. The van der Waals surface area contributed by atoms with Crippen molar-refractivity contribution in [1.29, 1.82) is 0 Å². The highest BCUT2D eigenvalue weighted by Gasteiger charge is 2.23. The minimum absolute atomic E-state index is 0.0963. The van der Waals surface area contributed by atoms with Crippen molar-refractivity contribution in [3.63, 3.8) is 0 Å². The molecule has 3 aromatic heterocycles. The number of nitrogens with zero attached hydrogens (tertiary/aromatic N) is 3. The van der Waals surface area contributed by atoms with E-state index < -0.39 is 0 Å². The molecule has 13 heteroatoms. The second-order valence-electron chi connectivity index (χ2n) is 13.0. The Morgan fingerprint density at radius 1 is 0.827 bits per heavy atom. The van der Waals surface area contributed by atoms with Crippen molar-refractivity contribution < 1.29 is 23.8 Å². The van der Waals surface area contributed by atoms with Crippen molar-refractivity contribution in [2.75, 3.05) is 34.4 Å². The highest BCUT2D eigenvalue weighted by atomic mass is 35.5. The van der Waals surface area contributed by atoms with E-state index in [-0.39, 0.29) is 23.9 Å². The molecule has 7 rings (SSSR count). The number of aromatic nitrogens is 3. The third-order valence-electron chi connectivity index (χ3n) is 9.75. The third-order valence-corrected chi connectivity index (χ3v) is 10.2. The molecular formula is C39H42ClN7O5. The van der Waals surface area contributed by atoms with Crippen molar-refractivity contribution in [2.24, 2.45) is 0 Å². The Hall–Kier alpha value is -5.17. The highest BCUT2D eigenvalue weighted by Crippen LogP contribution is 2.40. The Kier molecular flexibility index (Phi) is 10.6. The molecule has 2 aromatic carbocycles. The lowest BCUT2D eigenvalue weighted by Crippen LogP contribution is -2.35. The molecule has 2 amide bonds. The predicted molar refractivity (Wildman–Crippen MR) is 200 cm³/mol. The smallest absolute Gasteiger partial charge is 0.220 e. The number of methoxy groups -OCH3 is 3. The van der Waals surface area contributed by atoms with Crippen LogP contribution in [0.1, 0.15) is 36.8 Å². The summed E-state index contributed by atoms with van der Waals surface area (Å²) in [5.74, 6) is 2.08. The van der Waals surface area contributed by atoms with E-state index in [0.29, 0.717) is 67.1 Å². The van der Waals surface area contributed by atoms with E-state index in [2.05, 4.69) is 36.9 Å². The quantitative estimate of drug-likeness (QED) is 0.122. The van der Waals surface area contributed by atoms with Gasteiger partial charge in [0, 0.05) is 103 Å². The minimum atomic E-state index is 0.0963. The molecule has 2 aliphatic heterocycles. The summed E-state index contributed by atoms with van der Waals surface area (Å²) < 4.78 is 19.4. The van der Waals surface area contributed by atoms with Gasteiger partial charge in [-0.05, 0) is 25.0 Å². The van der Waals surface area contributed by atoms with Crippen LogP contribution in [0, 0.1) is 0 Å². The molecule has 0 aliphatic carbocycles. The molecule has 5 heterocycles. The van der Waals surface area contributed by atoms with Crippen LogP contribution >= 0.6 is 11.6 Å². The van der Waals surface area contributed by atoms with Gasteiger partial charge in [-0.2, -0.15) is 0 Å². The van der Waals surface area contributed by atoms with Crippen LogP contribution in [-0.4, -0.2) is 72.9 Å². The van der Waals surface area contributed by atoms with Gasteiger partial charge in [0.25, 0.3) is 0 Å². The first-order chi connectivity index (χ1) is 25.4. The number of halogens is 1. The van der Waals surface area contributed by atoms with E-state index in [1.54, 1.807) is 21.3 Å². The largest absolute Gasteiger partial charge is 0.496 e. The lowest BCUT2D eigenvalue weighted by molar-refractivity contribution is -0.120. The van der Waals surface area contributed by atoms with E-state index in [9.17, 15) is 9.59 Å². The molecule has 5 aromatic rings. The number of fused-ring (bicyclic) bond motifs is 1. The van der Waals surface area contributed by atoms with Crippen LogP contribution in [0.2, 0.25) is 5.02 Å². The Morgan fingerprint density at radius 2 is 1.50 bits per heavy atom. The summed E-state index contributed by atoms with van der Waals surface area (Å²) in [7, 11) is 4.90. The highest BCUT2D eigenvalue weighted by molar-refractivity contribution is 6.36. The fourth-order valence-electron chi connectivity index (χ4n) is 7.06. The molecule has 4 N–H and O–H groups in total. The van der Waals surface area contributed by atoms with Crippen LogP contribution in [0.4, 0.5) is 0 Å². The number of amides is 2. The zero-order valence-corrected chi connectivity index (χ0v) is 30.2. The van der Waals surface area contributed by atoms with Crippen LogP contribution in [-0.2, 0) is 22.7 Å². The van der Waals surface area contributed by atoms with Crippen molar-refractivity contribution in [1.82, 2.24) is 35.8 Å². The molecule has 2 fully saturated rings. The molecule has 0 unspecified atom stereocenters. The lowest BCUT2D eigenvalue weighted by atomic mass is 10.00. The number of carbonyl (C=O) groups is 2. The summed E-state index contributed by atoms with van der Waals surface area (Å²) in [6.07, 6.45) is 8.47. The minimum Gasteiger partial charge on any atom is -0.496 e. The molecule has 12 nitrogen and oxygen atoms in total. The summed E-state index contributed by atoms with van der Waals surface area (Å²) in [6, 6.07) is 16.1. The summed E-state index contributed by atoms with van der Waals surface area (Å²) in [5.41, 5.74) is 6.73. The molecule has 0 saturated carbocycles. The van der Waals surface area contributed by atoms with Gasteiger partial charge in [0.15, 0.2) is 0 Å². The Bertz CT molecular complexity index is 2090. The van der Waals surface area contributed by atoms with E-state index in [1.807, 2.05) is 61.1 Å². The van der Waals surface area contributed by atoms with Crippen LogP contribution in [0.3, 0.4) is 0 Å². The van der Waals surface area contributed by atoms with Gasteiger partial charge in [0.2, 0.25) is 17.7 Å². The van der Waals surface area contributed by atoms with Gasteiger partial charge in [-0.25, -0.2) is 4.98 Å². The average molecular weight is 724 g/mol. The van der Waals surface area contributed by atoms with E-state index in [1.165, 1.54) is 0 Å². The Balaban J connectivity index is 1.14. The number of carbonyl (C=O) groups excluding carboxylic acids is 2. The topological polar surface area (TPSA) is 141 Å². The molecule has 2 aliphatic rings. The summed E-state index contributed by atoms with van der Waals surface area (Å²) >= 11 is 7.17. The Labute approximate surface area is 307 Å². The van der Waals surface area contributed by atoms with Crippen LogP contribution in [0.25, 0.3) is 39.0 Å². The van der Waals surface area contributed by atoms with Crippen molar-refractivity contribution in [3.8, 4) is 45.5 Å². The van der Waals surface area contributed by atoms with Gasteiger partial charge in [0.05, 0.1) is 55.0 Å². The molecule has 52 heavy (non-hydrogen) atoms. The molecule has 2 atom stereocenters. The number of hydrogen-bond acceptors (Lipinski definition) is 9. The maximum Gasteiger partial charge on any atom is 0.220 e. The van der Waals surface area contributed by atoms with Crippen LogP contribution in [0.5, 0.6) is 17.4 Å². The second-order valence-corrected chi connectivity index (χ2v) is 13.4. The first-order valence-corrected chi connectivity index (χ1v) is 17.8. The number of rotatable bonds is 14. The summed E-state index contributed by atoms with van der Waals surface area (Å²) in [4.78, 5) is 32.6. The van der Waals surface area contributed by atoms with E-state index in [0.717, 1.165) is 57.2 Å². The van der Waals surface area contributed by atoms with Gasteiger partial charge in [0.1, 0.15) is 11.5 Å². The first-order valence-electron chi connectivity index (χ1n) is 17.4. The molecule has 0 spiro atoms. The van der Waals surface area contributed by atoms with E-state index >= 15 is 0 Å². The van der Waals surface area contributed by atoms with Crippen molar-refractivity contribution in [2.45, 2.75) is 50.9 Å². The monoisotopic (exact) mass is 723 g/mol. The van der Waals surface area contributed by atoms with Gasteiger partial charge in [-0.3, -0.25) is 14.6 Å². The molecule has 0 bridgehead atoms. The van der Waals surface area contributed by atoms with Crippen LogP contribution in [0.15, 0.2) is 67.1 Å². The first kappa shape index (κ1) is 35.2. The number of nitrogens with one attached hydrogen (secondary N) is 4. The van der Waals surface area contributed by atoms with Crippen LogP contribution < -0.4 is 35.5 Å². The summed E-state index contributed by atoms with van der Waals surface area (Å²) in [5, 5.41) is 14.4. The zero-order valence-electron chi connectivity index (χ0n) is 29.4. The van der Waals surface area contributed by atoms with Gasteiger partial charge in [-0.1, -0.05) is 35.9 Å². The average Bonchev–Trinajstić information content (AvgIpc) is 3.91. The fourth-order valence-corrected chi connectivity index (χ4v) is 7.39. The SMILES string of the molecule is COc1cc(-n2ccc3c(-c4cccc(-c5ccc(CNC[C@@H]6CCC(=O)N6)c(OC)n5)c4Cl)cncc32)cc(OC)c1CNC[C@@H]1CCC(=O)N1.